The van der Waals surface area contributed by atoms with Crippen molar-refractivity contribution in [2.24, 2.45) is 0 Å². The normalized spacial score (nSPS) is 24.3. The zero-order chi connectivity index (χ0) is 12.6. The molecule has 1 aliphatic heterocycles. The lowest BCUT2D eigenvalue weighted by Gasteiger charge is -2.31. The number of rotatable bonds is 2. The lowest BCUT2D eigenvalue weighted by atomic mass is 9.93. The highest BCUT2D eigenvalue weighted by Gasteiger charge is 2.28. The van der Waals surface area contributed by atoms with E-state index >= 15 is 0 Å². The topological polar surface area (TPSA) is 29.9 Å². The second-order valence-electron chi connectivity index (χ2n) is 6.15. The van der Waals surface area contributed by atoms with Crippen LogP contribution in [-0.2, 0) is 5.41 Å². The van der Waals surface area contributed by atoms with Crippen LogP contribution in [0.1, 0.15) is 65.6 Å². The minimum atomic E-state index is 0.131. The van der Waals surface area contributed by atoms with E-state index in [0.29, 0.717) is 12.1 Å². The molecule has 0 saturated heterocycles. The van der Waals surface area contributed by atoms with Crippen molar-refractivity contribution in [3.63, 3.8) is 0 Å². The summed E-state index contributed by atoms with van der Waals surface area (Å²) in [5.41, 5.74) is 1.32. The number of fused-ring (bicyclic) bond motifs is 1. The molecule has 0 amide bonds. The highest BCUT2D eigenvalue weighted by Crippen LogP contribution is 2.33. The first-order valence-electron chi connectivity index (χ1n) is 6.81. The van der Waals surface area contributed by atoms with Gasteiger partial charge in [0.15, 0.2) is 0 Å². The van der Waals surface area contributed by atoms with E-state index < -0.39 is 0 Å². The van der Waals surface area contributed by atoms with Crippen LogP contribution in [-0.4, -0.2) is 15.6 Å². The fourth-order valence-corrected chi connectivity index (χ4v) is 2.46. The number of anilines is 1. The molecule has 3 nitrogen and oxygen atoms in total. The number of imidazole rings is 1. The van der Waals surface area contributed by atoms with Gasteiger partial charge in [0.05, 0.1) is 5.69 Å². The van der Waals surface area contributed by atoms with Crippen molar-refractivity contribution in [1.29, 1.82) is 0 Å². The third-order valence-electron chi connectivity index (χ3n) is 3.75. The van der Waals surface area contributed by atoms with Gasteiger partial charge in [-0.3, -0.25) is 0 Å². The molecule has 1 aromatic heterocycles. The SMILES string of the molecule is CCC1CC(CC)n2cc(C(C)(C)C)nc2N1. The maximum Gasteiger partial charge on any atom is 0.203 e. The molecule has 2 atom stereocenters. The predicted octanol–water partition coefficient (Wildman–Crippen LogP) is 3.73. The molecule has 1 N–H and O–H groups in total. The summed E-state index contributed by atoms with van der Waals surface area (Å²) in [5.74, 6) is 1.07. The summed E-state index contributed by atoms with van der Waals surface area (Å²) in [5, 5.41) is 3.56. The Hall–Kier alpha value is -0.990. The van der Waals surface area contributed by atoms with E-state index in [1.807, 2.05) is 0 Å². The Morgan fingerprint density at radius 3 is 2.59 bits per heavy atom. The Kier molecular flexibility index (Phi) is 3.19. The highest BCUT2D eigenvalue weighted by molar-refractivity contribution is 5.35. The van der Waals surface area contributed by atoms with Crippen LogP contribution in [0.3, 0.4) is 0 Å². The molecule has 96 valence electrons. The maximum absolute atomic E-state index is 4.77. The lowest BCUT2D eigenvalue weighted by molar-refractivity contribution is 0.390. The molecule has 3 heteroatoms. The van der Waals surface area contributed by atoms with Crippen LogP contribution in [0, 0.1) is 0 Å². The number of nitrogens with zero attached hydrogens (tertiary/aromatic N) is 2. The highest BCUT2D eigenvalue weighted by atomic mass is 15.3. The van der Waals surface area contributed by atoms with Gasteiger partial charge in [-0.05, 0) is 19.3 Å². The zero-order valence-electron chi connectivity index (χ0n) is 11.7. The van der Waals surface area contributed by atoms with Gasteiger partial charge in [-0.1, -0.05) is 34.6 Å². The molecule has 0 fully saturated rings. The summed E-state index contributed by atoms with van der Waals surface area (Å²) in [7, 11) is 0. The zero-order valence-corrected chi connectivity index (χ0v) is 11.7. The smallest absolute Gasteiger partial charge is 0.203 e. The third kappa shape index (κ3) is 2.33. The van der Waals surface area contributed by atoms with Gasteiger partial charge >= 0.3 is 0 Å². The molecular weight excluding hydrogens is 210 g/mol. The summed E-state index contributed by atoms with van der Waals surface area (Å²) in [6.45, 7) is 11.2. The van der Waals surface area contributed by atoms with Crippen LogP contribution in [0.25, 0.3) is 0 Å². The van der Waals surface area contributed by atoms with Crippen molar-refractivity contribution >= 4 is 5.95 Å². The van der Waals surface area contributed by atoms with Gasteiger partial charge in [-0.2, -0.15) is 0 Å². The summed E-state index contributed by atoms with van der Waals surface area (Å²) in [6.07, 6.45) is 5.82. The van der Waals surface area contributed by atoms with Gasteiger partial charge in [0.25, 0.3) is 0 Å². The van der Waals surface area contributed by atoms with Crippen LogP contribution in [0.15, 0.2) is 6.20 Å². The molecule has 1 aliphatic rings. The van der Waals surface area contributed by atoms with E-state index in [4.69, 9.17) is 4.98 Å². The molecule has 2 unspecified atom stereocenters. The summed E-state index contributed by atoms with van der Waals surface area (Å²) in [6, 6.07) is 1.20. The van der Waals surface area contributed by atoms with Crippen molar-refractivity contribution in [2.45, 2.75) is 71.4 Å². The minimum Gasteiger partial charge on any atom is -0.353 e. The maximum atomic E-state index is 4.77. The van der Waals surface area contributed by atoms with Gasteiger partial charge in [-0.15, -0.1) is 0 Å². The summed E-state index contributed by atoms with van der Waals surface area (Å²) in [4.78, 5) is 4.77. The van der Waals surface area contributed by atoms with Crippen LogP contribution in [0.2, 0.25) is 0 Å². The van der Waals surface area contributed by atoms with Crippen molar-refractivity contribution in [3.05, 3.63) is 11.9 Å². The van der Waals surface area contributed by atoms with Gasteiger partial charge in [0, 0.05) is 23.7 Å². The first-order chi connectivity index (χ1) is 7.95. The van der Waals surface area contributed by atoms with E-state index in [-0.39, 0.29) is 5.41 Å². The Morgan fingerprint density at radius 1 is 1.35 bits per heavy atom. The van der Waals surface area contributed by atoms with Gasteiger partial charge in [-0.25, -0.2) is 4.98 Å². The van der Waals surface area contributed by atoms with Crippen LogP contribution in [0.4, 0.5) is 5.95 Å². The Labute approximate surface area is 105 Å². The van der Waals surface area contributed by atoms with Gasteiger partial charge in [0.2, 0.25) is 5.95 Å². The molecule has 0 radical (unpaired) electrons. The Bertz CT molecular complexity index is 387. The number of nitrogens with one attached hydrogen (secondary N) is 1. The van der Waals surface area contributed by atoms with Gasteiger partial charge < -0.3 is 9.88 Å². The van der Waals surface area contributed by atoms with Crippen LogP contribution in [0.5, 0.6) is 0 Å². The molecule has 0 spiro atoms. The van der Waals surface area contributed by atoms with E-state index in [0.717, 1.165) is 5.95 Å². The molecule has 1 aromatic rings. The predicted molar refractivity (Wildman–Crippen MR) is 72.6 cm³/mol. The average molecular weight is 235 g/mol. The van der Waals surface area contributed by atoms with Crippen molar-refractivity contribution < 1.29 is 0 Å². The molecule has 0 saturated carbocycles. The summed E-state index contributed by atoms with van der Waals surface area (Å²) >= 11 is 0. The van der Waals surface area contributed by atoms with Crippen molar-refractivity contribution in [1.82, 2.24) is 9.55 Å². The fourth-order valence-electron chi connectivity index (χ4n) is 2.46. The molecule has 17 heavy (non-hydrogen) atoms. The minimum absolute atomic E-state index is 0.131. The van der Waals surface area contributed by atoms with E-state index in [2.05, 4.69) is 50.7 Å². The lowest BCUT2D eigenvalue weighted by Crippen LogP contribution is -2.31. The molecule has 2 heterocycles. The Morgan fingerprint density at radius 2 is 2.06 bits per heavy atom. The second-order valence-corrected chi connectivity index (χ2v) is 6.15. The van der Waals surface area contributed by atoms with Crippen LogP contribution >= 0.6 is 0 Å². The number of hydrogen-bond acceptors (Lipinski definition) is 2. The van der Waals surface area contributed by atoms with Crippen molar-refractivity contribution in [3.8, 4) is 0 Å². The molecule has 0 aliphatic carbocycles. The number of aromatic nitrogens is 2. The monoisotopic (exact) mass is 235 g/mol. The molecule has 2 rings (SSSR count). The largest absolute Gasteiger partial charge is 0.353 e. The van der Waals surface area contributed by atoms with Crippen LogP contribution < -0.4 is 5.32 Å². The molecule has 0 aromatic carbocycles. The Balaban J connectivity index is 2.35. The molecular formula is C14H25N3. The van der Waals surface area contributed by atoms with Gasteiger partial charge in [0.1, 0.15) is 0 Å². The number of hydrogen-bond donors (Lipinski definition) is 1. The average Bonchev–Trinajstić information content (AvgIpc) is 2.70. The fraction of sp³-hybridized carbons (Fsp3) is 0.786. The standard InChI is InChI=1S/C14H25N3/c1-6-10-8-11(7-2)17-9-12(14(3,4)5)16-13(17)15-10/h9-11H,6-8H2,1-5H3,(H,15,16). The first-order valence-corrected chi connectivity index (χ1v) is 6.81. The second kappa shape index (κ2) is 4.35. The van der Waals surface area contributed by atoms with Crippen molar-refractivity contribution in [2.75, 3.05) is 5.32 Å². The first kappa shape index (κ1) is 12.5. The van der Waals surface area contributed by atoms with E-state index in [1.54, 1.807) is 0 Å². The molecule has 0 bridgehead atoms. The summed E-state index contributed by atoms with van der Waals surface area (Å²) < 4.78 is 2.34. The third-order valence-corrected chi connectivity index (χ3v) is 3.75. The quantitative estimate of drug-likeness (QED) is 0.846. The van der Waals surface area contributed by atoms with E-state index in [1.165, 1.54) is 25.0 Å². The van der Waals surface area contributed by atoms with E-state index in [9.17, 15) is 0 Å².